The van der Waals surface area contributed by atoms with E-state index in [1.54, 1.807) is 64.8 Å². The summed E-state index contributed by atoms with van der Waals surface area (Å²) in [5.74, 6) is 3.22. The van der Waals surface area contributed by atoms with E-state index in [9.17, 15) is 25.3 Å². The van der Waals surface area contributed by atoms with Crippen LogP contribution in [0.3, 0.4) is 0 Å². The molecule has 12 aromatic rings. The lowest BCUT2D eigenvalue weighted by atomic mass is 10.1. The highest BCUT2D eigenvalue weighted by Crippen LogP contribution is 2.30. The number of benzene rings is 12. The minimum Gasteiger partial charge on any atom is -0.497 e. The molecule has 0 amide bonds. The minimum atomic E-state index is -4.19. The molecule has 3 N–H and O–H groups in total. The van der Waals surface area contributed by atoms with Crippen LogP contribution in [-0.2, 0) is 73.9 Å². The van der Waals surface area contributed by atoms with E-state index in [0.29, 0.717) is 0 Å². The van der Waals surface area contributed by atoms with Crippen molar-refractivity contribution in [3.63, 3.8) is 0 Å². The van der Waals surface area contributed by atoms with Crippen LogP contribution in [0.25, 0.3) is 44.5 Å². The van der Waals surface area contributed by atoms with Crippen LogP contribution in [-0.4, -0.2) is 79.7 Å². The molecule has 0 unspecified atom stereocenters. The molecule has 0 aliphatic carbocycles. The molecule has 0 aliphatic rings. The number of nitrogens with one attached hydrogen (secondary N) is 1. The molecule has 30 heteroatoms. The smallest absolute Gasteiger partial charge is 0.353 e. The van der Waals surface area contributed by atoms with Gasteiger partial charge in [0, 0.05) is 86.8 Å². The fourth-order valence-corrected chi connectivity index (χ4v) is 13.5. The van der Waals surface area contributed by atoms with E-state index in [1.807, 2.05) is 164 Å². The summed E-state index contributed by atoms with van der Waals surface area (Å²) in [5, 5.41) is 3.41. The van der Waals surface area contributed by atoms with Gasteiger partial charge in [-0.25, -0.2) is 21.0 Å². The van der Waals surface area contributed by atoms with E-state index in [1.165, 1.54) is 50.8 Å². The largest absolute Gasteiger partial charge is 0.497 e. The van der Waals surface area contributed by atoms with E-state index in [2.05, 4.69) is 174 Å². The quantitative estimate of drug-likeness (QED) is 0.0474. The third kappa shape index (κ3) is 39.2. The molecule has 0 saturated heterocycles. The van der Waals surface area contributed by atoms with Crippen molar-refractivity contribution in [1.29, 1.82) is 0 Å². The van der Waals surface area contributed by atoms with Crippen LogP contribution in [0.1, 0.15) is 59.4 Å². The summed E-state index contributed by atoms with van der Waals surface area (Å²) in [4.78, 5) is 0.263. The zero-order valence-electron chi connectivity index (χ0n) is 58.8. The minimum absolute atomic E-state index is 0. The van der Waals surface area contributed by atoms with Crippen molar-refractivity contribution in [2.24, 2.45) is 0 Å². The summed E-state index contributed by atoms with van der Waals surface area (Å²) in [7, 11) is 7.50. The predicted octanol–water partition coefficient (Wildman–Crippen LogP) is 25.3. The average molecular weight is 2000 g/mol. The molecule has 0 bridgehead atoms. The van der Waals surface area contributed by atoms with E-state index in [0.717, 1.165) is 98.5 Å². The lowest BCUT2D eigenvalue weighted by Crippen LogP contribution is -2.30. The molecule has 0 saturated carbocycles. The number of hydrogen-bond donors (Lipinski definition) is 3. The van der Waals surface area contributed by atoms with Gasteiger partial charge in [-0.3, -0.25) is 9.11 Å². The first kappa shape index (κ1) is 106. The van der Waals surface area contributed by atoms with Crippen LogP contribution in [0.15, 0.2) is 330 Å². The van der Waals surface area contributed by atoms with Gasteiger partial charge in [0.1, 0.15) is 23.0 Å². The number of hydrogen-bond acceptors (Lipinski definition) is 14. The number of ether oxygens (including phenoxy) is 4. The molecular formula is C85H92Br4Cl4N2O15S5. The maximum atomic E-state index is 13.8. The summed E-state index contributed by atoms with van der Waals surface area (Å²) in [6.45, 7) is 2.14. The van der Waals surface area contributed by atoms with Gasteiger partial charge in [0.2, 0.25) is 19.2 Å². The van der Waals surface area contributed by atoms with Gasteiger partial charge in [-0.1, -0.05) is 265 Å². The standard InChI is InChI=1S/C28H26BrNO4S.C16H19NO2.C12H8BrClO2S.C12H9BrO3S.C12H9Br.5CH4.Cl2OS.ClHO3S/c1-33-26-13-3-21(4-14-26)19-30(20-22-5-15-27(34-2)16-6-22)35(31,32)28-17-9-24(10-18-28)23-7-11-25(29)12-8-23;1-18-15-7-3-13(4-8-15)11-17-12-14-5-9-16(19-2)10-6-14;2*13-11-5-1-9(2-6-11)10-3-7-12(8-4-10)17(14,15)16;13-12-8-6-11(7-9-12)10-4-2-1-3-5-10;;;;;;1-4(2)3;1-5(2,3)4/h3-18H,19-20H2,1-2H3;3-10,17H,11-12H2,1-2H3;1-8H;1-8H,(H,14,15,16);1-9H;5*1H4;;(H,2,3,4). The van der Waals surface area contributed by atoms with Crippen LogP contribution in [0.5, 0.6) is 23.0 Å². The van der Waals surface area contributed by atoms with Crippen molar-refractivity contribution in [3.05, 3.63) is 337 Å². The second-order valence-electron chi connectivity index (χ2n) is 22.7. The molecule has 0 spiro atoms. The first-order valence-electron chi connectivity index (χ1n) is 32.2. The van der Waals surface area contributed by atoms with Gasteiger partial charge in [-0.15, -0.1) is 0 Å². The molecule has 0 aliphatic heterocycles. The van der Waals surface area contributed by atoms with Crippen molar-refractivity contribution in [2.45, 2.75) is 78.0 Å². The molecule has 12 aromatic carbocycles. The maximum absolute atomic E-state index is 13.8. The molecule has 0 atom stereocenters. The molecule has 0 heterocycles. The van der Waals surface area contributed by atoms with Gasteiger partial charge in [0.25, 0.3) is 19.2 Å². The molecule has 0 fully saturated rings. The predicted molar refractivity (Wildman–Crippen MR) is 491 cm³/mol. The molecule has 0 radical (unpaired) electrons. The first-order chi connectivity index (χ1) is 52.2. The fourth-order valence-electron chi connectivity index (χ4n) is 9.73. The van der Waals surface area contributed by atoms with Crippen molar-refractivity contribution >= 4 is 154 Å². The molecule has 0 aromatic heterocycles. The third-order valence-electron chi connectivity index (χ3n) is 15.3. The van der Waals surface area contributed by atoms with Gasteiger partial charge in [-0.2, -0.15) is 21.1 Å². The summed E-state index contributed by atoms with van der Waals surface area (Å²) < 4.78 is 141. The monoisotopic (exact) mass is 2000 g/mol. The Labute approximate surface area is 733 Å². The van der Waals surface area contributed by atoms with E-state index in [4.69, 9.17) is 51.4 Å². The molecule has 115 heavy (non-hydrogen) atoms. The van der Waals surface area contributed by atoms with Crippen molar-refractivity contribution in [2.75, 3.05) is 28.4 Å². The Morgan fingerprint density at radius 2 is 0.539 bits per heavy atom. The first-order valence-corrected chi connectivity index (χ1v) is 45.6. The van der Waals surface area contributed by atoms with Crippen molar-refractivity contribution in [1.82, 2.24) is 9.62 Å². The van der Waals surface area contributed by atoms with Gasteiger partial charge in [-0.05, 0) is 200 Å². The summed E-state index contributed by atoms with van der Waals surface area (Å²) in [6, 6.07) is 92.7. The van der Waals surface area contributed by atoms with E-state index < -0.39 is 47.8 Å². The SMILES string of the molecule is Brc1ccc(-c2ccccc2)cc1.C.C.C.C.C.COc1ccc(CN(Cc2ccc(OC)cc2)S(=O)(=O)c2ccc(-c3ccc(Br)cc3)cc2)cc1.COc1ccc(CNCc2ccc(OC)cc2)cc1.O=S(=O)(Cl)c1ccc(-c2ccc(Br)cc2)cc1.O=S(=O)(O)Cl.O=S(=O)(O)c1ccc(-c2ccc(Br)cc2)cc1.O=S(Cl)Cl. The average Bonchev–Trinajstić information content (AvgIpc) is 0.793. The lowest BCUT2D eigenvalue weighted by Gasteiger charge is -2.23. The normalized spacial score (nSPS) is 10.5. The van der Waals surface area contributed by atoms with Crippen molar-refractivity contribution < 1.29 is 65.9 Å². The summed E-state index contributed by atoms with van der Waals surface area (Å²) >= 11 is 13.6. The van der Waals surface area contributed by atoms with Crippen LogP contribution in [0, 0.1) is 0 Å². The van der Waals surface area contributed by atoms with Gasteiger partial charge < -0.3 is 24.3 Å². The number of nitrogens with zero attached hydrogens (tertiary/aromatic N) is 1. The van der Waals surface area contributed by atoms with Crippen LogP contribution < -0.4 is 24.3 Å². The Balaban J connectivity index is 0.000000720. The zero-order chi connectivity index (χ0) is 80.4. The number of rotatable bonds is 20. The van der Waals surface area contributed by atoms with Crippen LogP contribution >= 0.6 is 106 Å². The number of halogens is 8. The lowest BCUT2D eigenvalue weighted by molar-refractivity contribution is 0.397. The van der Waals surface area contributed by atoms with Crippen molar-refractivity contribution in [3.8, 4) is 67.5 Å². The number of methoxy groups -OCH3 is 4. The summed E-state index contributed by atoms with van der Waals surface area (Å²) in [6.07, 6.45) is 0. The third-order valence-corrected chi connectivity index (χ3v) is 21.4. The molecule has 618 valence electrons. The van der Waals surface area contributed by atoms with Crippen LogP contribution in [0.4, 0.5) is 0 Å². The Kier molecular flexibility index (Phi) is 48.9. The highest BCUT2D eigenvalue weighted by Gasteiger charge is 2.26. The number of sulfonamides is 1. The molecule has 17 nitrogen and oxygen atoms in total. The van der Waals surface area contributed by atoms with E-state index in [-0.39, 0.29) is 64.9 Å². The highest BCUT2D eigenvalue weighted by molar-refractivity contribution is 9.11. The Bertz CT molecular complexity index is 5060. The Hall–Kier alpha value is -7.29. The Morgan fingerprint density at radius 3 is 0.765 bits per heavy atom. The Morgan fingerprint density at radius 1 is 0.330 bits per heavy atom. The summed E-state index contributed by atoms with van der Waals surface area (Å²) in [5.41, 5.74) is 12.6. The van der Waals surface area contributed by atoms with E-state index >= 15 is 0 Å². The van der Waals surface area contributed by atoms with Gasteiger partial charge in [0.05, 0.1) is 43.1 Å². The van der Waals surface area contributed by atoms with Gasteiger partial charge in [0.15, 0.2) is 0 Å². The van der Waals surface area contributed by atoms with Crippen LogP contribution in [0.2, 0.25) is 0 Å². The second-order valence-corrected chi connectivity index (χ2v) is 36.9. The van der Waals surface area contributed by atoms with Gasteiger partial charge >= 0.3 is 9.33 Å². The maximum Gasteiger partial charge on any atom is 0.353 e. The molecule has 12 rings (SSSR count). The highest BCUT2D eigenvalue weighted by atomic mass is 79.9. The second kappa shape index (κ2) is 53.2. The fraction of sp³-hybridized carbons (Fsp3) is 0.153. The zero-order valence-corrected chi connectivity index (χ0v) is 72.3. The molecular weight excluding hydrogens is 1910 g/mol. The topological polar surface area (TPSA) is 246 Å².